The molecule has 0 aliphatic heterocycles. The summed E-state index contributed by atoms with van der Waals surface area (Å²) < 4.78 is 1.01. The Morgan fingerprint density at radius 1 is 1.06 bits per heavy atom. The van der Waals surface area contributed by atoms with Gasteiger partial charge in [0, 0.05) is 13.8 Å². The van der Waals surface area contributed by atoms with Gasteiger partial charge in [0.1, 0.15) is 0 Å². The number of hydrogen-bond acceptors (Lipinski definition) is 0. The molecule has 0 bridgehead atoms. The maximum atomic E-state index is 5.63. The minimum absolute atomic E-state index is 0.0365. The summed E-state index contributed by atoms with van der Waals surface area (Å²) >= 11 is 0. The lowest BCUT2D eigenvalue weighted by atomic mass is 9.99. The van der Waals surface area contributed by atoms with Crippen molar-refractivity contribution in [2.45, 2.75) is 66.3 Å². The highest BCUT2D eigenvalue weighted by atomic mass is 15.4. The quantitative estimate of drug-likeness (QED) is 0.473. The molecule has 0 heterocycles. The Kier molecular flexibility index (Phi) is 9.67. The molecule has 0 aliphatic carbocycles. The average Bonchev–Trinajstić information content (AvgIpc) is 2.29. The van der Waals surface area contributed by atoms with Crippen LogP contribution in [0.2, 0.25) is 0 Å². The number of hydrogen-bond donors (Lipinski definition) is 0. The maximum absolute atomic E-state index is 5.63. The topological polar surface area (TPSA) is 0 Å². The third kappa shape index (κ3) is 5.03. The second kappa shape index (κ2) is 8.65. The molecule has 0 aromatic heterocycles. The molecule has 0 spiro atoms. The highest BCUT2D eigenvalue weighted by Gasteiger charge is 2.37. The van der Waals surface area contributed by atoms with Crippen LogP contribution in [0.25, 0.3) is 0 Å². The average molecular weight is 226 g/mol. The molecule has 1 heteroatoms. The zero-order valence-electron chi connectivity index (χ0n) is 12.6. The zero-order chi connectivity index (χ0) is 13.2. The van der Waals surface area contributed by atoms with E-state index in [1.807, 2.05) is 13.8 Å². The molecule has 0 aromatic rings. The van der Waals surface area contributed by atoms with Crippen molar-refractivity contribution in [1.82, 2.24) is 0 Å². The lowest BCUT2D eigenvalue weighted by Gasteiger charge is -2.44. The Balaban J connectivity index is 0. The number of rotatable bonds is 6. The summed E-state index contributed by atoms with van der Waals surface area (Å²) in [4.78, 5) is 0. The number of quaternary nitrogens is 1. The van der Waals surface area contributed by atoms with Crippen LogP contribution in [0.15, 0.2) is 0 Å². The summed E-state index contributed by atoms with van der Waals surface area (Å²) in [7, 11) is 2.29. The van der Waals surface area contributed by atoms with Crippen LogP contribution in [-0.2, 0) is 0 Å². The Morgan fingerprint density at radius 2 is 1.56 bits per heavy atom. The van der Waals surface area contributed by atoms with E-state index in [-0.39, 0.29) is 5.54 Å². The van der Waals surface area contributed by atoms with Gasteiger partial charge < -0.3 is 4.48 Å². The second-order valence-corrected chi connectivity index (χ2v) is 4.90. The van der Waals surface area contributed by atoms with Crippen molar-refractivity contribution in [3.63, 3.8) is 0 Å². The highest BCUT2D eigenvalue weighted by Crippen LogP contribution is 2.23. The second-order valence-electron chi connectivity index (χ2n) is 4.90. The number of nitrogens with zero attached hydrogens (tertiary/aromatic N) is 1. The van der Waals surface area contributed by atoms with Crippen LogP contribution >= 0.6 is 0 Å². The van der Waals surface area contributed by atoms with E-state index in [0.717, 1.165) is 4.48 Å². The Morgan fingerprint density at radius 3 is 1.88 bits per heavy atom. The molecule has 0 amide bonds. The molecule has 0 N–H and O–H groups in total. The van der Waals surface area contributed by atoms with Gasteiger partial charge >= 0.3 is 0 Å². The first-order chi connectivity index (χ1) is 7.43. The standard InChI is InChI=1S/C13H26N.C2H6/c1-7-10-12-14(6,11-8-2)13(4,5)9-3;1-2/h3H,7-8,10-12H2,1-2,4-6H3;1-2H3/q+1;. The van der Waals surface area contributed by atoms with Gasteiger partial charge in [-0.05, 0) is 18.8 Å². The number of terminal acetylenes is 1. The largest absolute Gasteiger partial charge is 0.312 e. The van der Waals surface area contributed by atoms with Crippen molar-refractivity contribution in [3.05, 3.63) is 0 Å². The van der Waals surface area contributed by atoms with Gasteiger partial charge in [-0.3, -0.25) is 0 Å². The fourth-order valence-electron chi connectivity index (χ4n) is 1.83. The van der Waals surface area contributed by atoms with Gasteiger partial charge in [-0.2, -0.15) is 0 Å². The van der Waals surface area contributed by atoms with Gasteiger partial charge in [-0.15, -0.1) is 6.42 Å². The molecule has 96 valence electrons. The van der Waals surface area contributed by atoms with Crippen LogP contribution in [0.5, 0.6) is 0 Å². The molecule has 1 unspecified atom stereocenters. The van der Waals surface area contributed by atoms with Crippen LogP contribution in [0, 0.1) is 12.3 Å². The molecular weight excluding hydrogens is 194 g/mol. The lowest BCUT2D eigenvalue weighted by Crippen LogP contribution is -2.59. The van der Waals surface area contributed by atoms with Crippen LogP contribution in [0.3, 0.4) is 0 Å². The predicted octanol–water partition coefficient (Wildman–Crippen LogP) is 4.08. The molecule has 0 aromatic carbocycles. The van der Waals surface area contributed by atoms with E-state index < -0.39 is 0 Å². The molecule has 0 saturated heterocycles. The summed E-state index contributed by atoms with van der Waals surface area (Å²) in [5.41, 5.74) is -0.0365. The van der Waals surface area contributed by atoms with Crippen molar-refractivity contribution in [2.75, 3.05) is 20.1 Å². The van der Waals surface area contributed by atoms with Crippen LogP contribution in [-0.4, -0.2) is 30.2 Å². The monoisotopic (exact) mass is 226 g/mol. The van der Waals surface area contributed by atoms with E-state index in [0.29, 0.717) is 0 Å². The Bertz CT molecular complexity index is 200. The molecule has 1 atom stereocenters. The SMILES string of the molecule is C#CC(C)(C)[N+](C)(CCC)CCCC.CC. The molecule has 0 rings (SSSR count). The first kappa shape index (κ1) is 17.9. The summed E-state index contributed by atoms with van der Waals surface area (Å²) in [5, 5.41) is 0. The third-order valence-electron chi connectivity index (χ3n) is 3.43. The van der Waals surface area contributed by atoms with Crippen LogP contribution in [0.1, 0.15) is 60.8 Å². The minimum Gasteiger partial charge on any atom is -0.312 e. The van der Waals surface area contributed by atoms with Crippen LogP contribution < -0.4 is 0 Å². The van der Waals surface area contributed by atoms with E-state index in [9.17, 15) is 0 Å². The summed E-state index contributed by atoms with van der Waals surface area (Å²) in [6.07, 6.45) is 9.34. The van der Waals surface area contributed by atoms with E-state index >= 15 is 0 Å². The van der Waals surface area contributed by atoms with Gasteiger partial charge in [-0.1, -0.05) is 34.1 Å². The molecule has 0 fully saturated rings. The van der Waals surface area contributed by atoms with E-state index in [4.69, 9.17) is 6.42 Å². The molecular formula is C15H32N+. The fourth-order valence-corrected chi connectivity index (χ4v) is 1.83. The highest BCUT2D eigenvalue weighted by molar-refractivity contribution is 5.03. The van der Waals surface area contributed by atoms with Gasteiger partial charge in [-0.25, -0.2) is 0 Å². The molecule has 0 radical (unpaired) electrons. The number of unbranched alkanes of at least 4 members (excludes halogenated alkanes) is 1. The fraction of sp³-hybridized carbons (Fsp3) is 0.867. The molecule has 0 saturated carbocycles. The summed E-state index contributed by atoms with van der Waals surface area (Å²) in [6, 6.07) is 0. The normalized spacial score (nSPS) is 14.4. The van der Waals surface area contributed by atoms with E-state index in [1.54, 1.807) is 0 Å². The van der Waals surface area contributed by atoms with Gasteiger partial charge in [0.05, 0.1) is 20.1 Å². The van der Waals surface area contributed by atoms with E-state index in [1.165, 1.54) is 32.4 Å². The summed E-state index contributed by atoms with van der Waals surface area (Å²) in [5.74, 6) is 2.95. The first-order valence-corrected chi connectivity index (χ1v) is 6.76. The van der Waals surface area contributed by atoms with Crippen molar-refractivity contribution < 1.29 is 4.48 Å². The van der Waals surface area contributed by atoms with Gasteiger partial charge in [0.2, 0.25) is 0 Å². The molecule has 0 aliphatic rings. The Hall–Kier alpha value is -0.480. The third-order valence-corrected chi connectivity index (χ3v) is 3.43. The minimum atomic E-state index is -0.0365. The van der Waals surface area contributed by atoms with Gasteiger partial charge in [0.25, 0.3) is 0 Å². The maximum Gasteiger partial charge on any atom is 0.154 e. The smallest absolute Gasteiger partial charge is 0.154 e. The zero-order valence-corrected chi connectivity index (χ0v) is 12.6. The van der Waals surface area contributed by atoms with Crippen molar-refractivity contribution >= 4 is 0 Å². The Labute approximate surface area is 104 Å². The molecule has 16 heavy (non-hydrogen) atoms. The van der Waals surface area contributed by atoms with E-state index in [2.05, 4.69) is 40.7 Å². The predicted molar refractivity (Wildman–Crippen MR) is 75.4 cm³/mol. The lowest BCUT2D eigenvalue weighted by molar-refractivity contribution is -0.946. The van der Waals surface area contributed by atoms with Gasteiger partial charge in [0.15, 0.2) is 5.54 Å². The molecule has 1 nitrogen and oxygen atoms in total. The summed E-state index contributed by atoms with van der Waals surface area (Å²) in [6.45, 7) is 15.2. The van der Waals surface area contributed by atoms with Crippen molar-refractivity contribution in [3.8, 4) is 12.3 Å². The van der Waals surface area contributed by atoms with Crippen molar-refractivity contribution in [1.29, 1.82) is 0 Å². The van der Waals surface area contributed by atoms with Crippen molar-refractivity contribution in [2.24, 2.45) is 0 Å². The first-order valence-electron chi connectivity index (χ1n) is 6.76. The van der Waals surface area contributed by atoms with Crippen LogP contribution in [0.4, 0.5) is 0 Å².